The maximum atomic E-state index is 11.5. The van der Waals surface area contributed by atoms with Crippen LogP contribution in [0.1, 0.15) is 10.4 Å². The highest BCUT2D eigenvalue weighted by atomic mass is 16.5. The Morgan fingerprint density at radius 1 is 1.44 bits per heavy atom. The normalized spacial score (nSPS) is 9.88. The van der Waals surface area contributed by atoms with E-state index in [0.29, 0.717) is 30.1 Å². The Kier molecular flexibility index (Phi) is 4.60. The van der Waals surface area contributed by atoms with Crippen molar-refractivity contribution in [2.75, 3.05) is 38.4 Å². The highest BCUT2D eigenvalue weighted by Gasteiger charge is 2.13. The molecule has 0 bridgehead atoms. The smallest absolute Gasteiger partial charge is 0.340 e. The number of ether oxygens (including phenoxy) is 2. The standard InChI is InChI=1S/C11H16N2O3/c1-15-7-6-13-10-8(11(14)16-2)4-3-5-9(10)12/h3-5,13H,6-7,12H2,1-2H3. The number of para-hydroxylation sites is 1. The summed E-state index contributed by atoms with van der Waals surface area (Å²) in [5, 5.41) is 3.05. The first-order chi connectivity index (χ1) is 7.70. The monoisotopic (exact) mass is 224 g/mol. The van der Waals surface area contributed by atoms with E-state index in [0.717, 1.165) is 0 Å². The van der Waals surface area contributed by atoms with Gasteiger partial charge in [0.05, 0.1) is 30.7 Å². The number of benzene rings is 1. The number of anilines is 2. The molecule has 0 aliphatic rings. The zero-order valence-electron chi connectivity index (χ0n) is 9.45. The Hall–Kier alpha value is -1.75. The molecule has 0 radical (unpaired) electrons. The summed E-state index contributed by atoms with van der Waals surface area (Å²) >= 11 is 0. The van der Waals surface area contributed by atoms with E-state index in [1.165, 1.54) is 7.11 Å². The van der Waals surface area contributed by atoms with E-state index in [2.05, 4.69) is 10.1 Å². The number of carbonyl (C=O) groups is 1. The number of nitrogen functional groups attached to an aromatic ring is 1. The summed E-state index contributed by atoms with van der Waals surface area (Å²) in [6.07, 6.45) is 0. The van der Waals surface area contributed by atoms with Crippen LogP contribution < -0.4 is 11.1 Å². The lowest BCUT2D eigenvalue weighted by molar-refractivity contribution is 0.0602. The molecule has 0 aliphatic carbocycles. The van der Waals surface area contributed by atoms with Crippen LogP contribution in [0.5, 0.6) is 0 Å². The predicted molar refractivity (Wildman–Crippen MR) is 62.6 cm³/mol. The molecule has 1 aromatic carbocycles. The Morgan fingerprint density at radius 3 is 2.81 bits per heavy atom. The highest BCUT2D eigenvalue weighted by Crippen LogP contribution is 2.23. The number of rotatable bonds is 5. The minimum atomic E-state index is -0.410. The molecule has 0 heterocycles. The van der Waals surface area contributed by atoms with Crippen molar-refractivity contribution in [3.63, 3.8) is 0 Å². The van der Waals surface area contributed by atoms with Gasteiger partial charge in [-0.3, -0.25) is 0 Å². The second-order valence-corrected chi connectivity index (χ2v) is 3.18. The molecule has 0 fully saturated rings. The third kappa shape index (κ3) is 2.87. The number of carbonyl (C=O) groups excluding carboxylic acids is 1. The number of esters is 1. The topological polar surface area (TPSA) is 73.6 Å². The van der Waals surface area contributed by atoms with E-state index in [1.54, 1.807) is 25.3 Å². The molecule has 88 valence electrons. The fraction of sp³-hybridized carbons (Fsp3) is 0.364. The lowest BCUT2D eigenvalue weighted by atomic mass is 10.1. The fourth-order valence-electron chi connectivity index (χ4n) is 1.33. The molecule has 0 aliphatic heterocycles. The van der Waals surface area contributed by atoms with Gasteiger partial charge in [0.15, 0.2) is 0 Å². The SMILES string of the molecule is COCCNc1c(N)cccc1C(=O)OC. The maximum absolute atomic E-state index is 11.5. The van der Waals surface area contributed by atoms with Gasteiger partial charge in [0.1, 0.15) is 0 Å². The van der Waals surface area contributed by atoms with Gasteiger partial charge in [0, 0.05) is 13.7 Å². The Bertz CT molecular complexity index is 366. The fourth-order valence-corrected chi connectivity index (χ4v) is 1.33. The Morgan fingerprint density at radius 2 is 2.19 bits per heavy atom. The largest absolute Gasteiger partial charge is 0.465 e. The number of hydrogen-bond donors (Lipinski definition) is 2. The highest BCUT2D eigenvalue weighted by molar-refractivity contribution is 5.98. The summed E-state index contributed by atoms with van der Waals surface area (Å²) in [6.45, 7) is 1.11. The summed E-state index contributed by atoms with van der Waals surface area (Å²) in [5.41, 5.74) is 7.32. The van der Waals surface area contributed by atoms with Crippen LogP contribution in [0.4, 0.5) is 11.4 Å². The first-order valence-corrected chi connectivity index (χ1v) is 4.90. The van der Waals surface area contributed by atoms with Gasteiger partial charge in [0.25, 0.3) is 0 Å². The van der Waals surface area contributed by atoms with Crippen LogP contribution in [0.15, 0.2) is 18.2 Å². The molecule has 0 saturated carbocycles. The van der Waals surface area contributed by atoms with Gasteiger partial charge in [-0.15, -0.1) is 0 Å². The summed E-state index contributed by atoms with van der Waals surface area (Å²) in [6, 6.07) is 5.10. The first kappa shape index (κ1) is 12.3. The van der Waals surface area contributed by atoms with Crippen LogP contribution in [0, 0.1) is 0 Å². The van der Waals surface area contributed by atoms with Crippen LogP contribution in [0.2, 0.25) is 0 Å². The molecule has 1 aromatic rings. The zero-order chi connectivity index (χ0) is 12.0. The van der Waals surface area contributed by atoms with Crippen LogP contribution in [0.3, 0.4) is 0 Å². The molecule has 0 saturated heterocycles. The van der Waals surface area contributed by atoms with E-state index >= 15 is 0 Å². The molecule has 0 spiro atoms. The molecule has 1 rings (SSSR count). The summed E-state index contributed by atoms with van der Waals surface area (Å²) in [4.78, 5) is 11.5. The summed E-state index contributed by atoms with van der Waals surface area (Å²) in [5.74, 6) is -0.410. The molecule has 0 unspecified atom stereocenters. The number of hydrogen-bond acceptors (Lipinski definition) is 5. The molecule has 0 aromatic heterocycles. The number of nitrogens with one attached hydrogen (secondary N) is 1. The third-order valence-corrected chi connectivity index (χ3v) is 2.11. The van der Waals surface area contributed by atoms with E-state index in [4.69, 9.17) is 10.5 Å². The van der Waals surface area contributed by atoms with Gasteiger partial charge in [-0.2, -0.15) is 0 Å². The van der Waals surface area contributed by atoms with Crippen LogP contribution in [-0.4, -0.2) is 33.3 Å². The Balaban J connectivity index is 2.90. The van der Waals surface area contributed by atoms with Crippen LogP contribution >= 0.6 is 0 Å². The van der Waals surface area contributed by atoms with Crippen molar-refractivity contribution < 1.29 is 14.3 Å². The Labute approximate surface area is 94.5 Å². The van der Waals surface area contributed by atoms with Crippen molar-refractivity contribution >= 4 is 17.3 Å². The van der Waals surface area contributed by atoms with Gasteiger partial charge in [0.2, 0.25) is 0 Å². The average molecular weight is 224 g/mol. The van der Waals surface area contributed by atoms with Gasteiger partial charge in [-0.1, -0.05) is 6.07 Å². The van der Waals surface area contributed by atoms with Crippen molar-refractivity contribution in [2.24, 2.45) is 0 Å². The van der Waals surface area contributed by atoms with Crippen molar-refractivity contribution in [3.05, 3.63) is 23.8 Å². The molecule has 16 heavy (non-hydrogen) atoms. The number of methoxy groups -OCH3 is 2. The maximum Gasteiger partial charge on any atom is 0.340 e. The van der Waals surface area contributed by atoms with E-state index < -0.39 is 5.97 Å². The second-order valence-electron chi connectivity index (χ2n) is 3.18. The molecule has 5 nitrogen and oxygen atoms in total. The van der Waals surface area contributed by atoms with Crippen molar-refractivity contribution in [1.29, 1.82) is 0 Å². The minimum Gasteiger partial charge on any atom is -0.465 e. The van der Waals surface area contributed by atoms with Crippen molar-refractivity contribution in [2.45, 2.75) is 0 Å². The van der Waals surface area contributed by atoms with E-state index in [-0.39, 0.29) is 0 Å². The number of nitrogens with two attached hydrogens (primary N) is 1. The van der Waals surface area contributed by atoms with Gasteiger partial charge >= 0.3 is 5.97 Å². The van der Waals surface area contributed by atoms with Gasteiger partial charge in [-0.05, 0) is 12.1 Å². The first-order valence-electron chi connectivity index (χ1n) is 4.90. The zero-order valence-corrected chi connectivity index (χ0v) is 9.45. The van der Waals surface area contributed by atoms with Crippen molar-refractivity contribution in [1.82, 2.24) is 0 Å². The van der Waals surface area contributed by atoms with Crippen molar-refractivity contribution in [3.8, 4) is 0 Å². The lowest BCUT2D eigenvalue weighted by Gasteiger charge is -2.12. The van der Waals surface area contributed by atoms with Crippen LogP contribution in [0.25, 0.3) is 0 Å². The molecule has 3 N–H and O–H groups in total. The molecular weight excluding hydrogens is 208 g/mol. The third-order valence-electron chi connectivity index (χ3n) is 2.11. The lowest BCUT2D eigenvalue weighted by Crippen LogP contribution is -2.14. The van der Waals surface area contributed by atoms with E-state index in [1.807, 2.05) is 0 Å². The minimum absolute atomic E-state index is 0.410. The van der Waals surface area contributed by atoms with E-state index in [9.17, 15) is 4.79 Å². The summed E-state index contributed by atoms with van der Waals surface area (Å²) in [7, 11) is 2.95. The summed E-state index contributed by atoms with van der Waals surface area (Å²) < 4.78 is 9.58. The molecular formula is C11H16N2O3. The van der Waals surface area contributed by atoms with Gasteiger partial charge in [-0.25, -0.2) is 4.79 Å². The average Bonchev–Trinajstić information content (AvgIpc) is 2.30. The van der Waals surface area contributed by atoms with Gasteiger partial charge < -0.3 is 20.5 Å². The molecule has 5 heteroatoms. The quantitative estimate of drug-likeness (QED) is 0.445. The second kappa shape index (κ2) is 5.97. The molecule has 0 atom stereocenters. The molecule has 0 amide bonds. The van der Waals surface area contributed by atoms with Crippen LogP contribution in [-0.2, 0) is 9.47 Å². The predicted octanol–water partition coefficient (Wildman–Crippen LogP) is 1.11.